The molecule has 1 unspecified atom stereocenters. The van der Waals surface area contributed by atoms with Crippen LogP contribution in [0.3, 0.4) is 0 Å². The number of fused-ring (bicyclic) bond motifs is 1. The van der Waals surface area contributed by atoms with Crippen molar-refractivity contribution >= 4 is 22.1 Å². The Morgan fingerprint density at radius 3 is 2.81 bits per heavy atom. The van der Waals surface area contributed by atoms with Gasteiger partial charge in [0.05, 0.1) is 6.04 Å². The normalized spacial score (nSPS) is 12.5. The van der Waals surface area contributed by atoms with Crippen LogP contribution in [-0.2, 0) is 7.05 Å². The summed E-state index contributed by atoms with van der Waals surface area (Å²) < 4.78 is 1.91. The highest BCUT2D eigenvalue weighted by Gasteiger charge is 2.13. The Morgan fingerprint density at radius 1 is 1.29 bits per heavy atom. The van der Waals surface area contributed by atoms with Crippen LogP contribution in [-0.4, -0.2) is 19.7 Å². The van der Waals surface area contributed by atoms with Crippen LogP contribution in [0.25, 0.3) is 10.8 Å². The lowest BCUT2D eigenvalue weighted by Gasteiger charge is -2.17. The fourth-order valence-electron chi connectivity index (χ4n) is 2.47. The number of aryl methyl sites for hydroxylation is 2. The third-order valence-electron chi connectivity index (χ3n) is 3.58. The van der Waals surface area contributed by atoms with Gasteiger partial charge in [0.25, 0.3) is 0 Å². The first kappa shape index (κ1) is 13.4. The number of hydrogen-bond acceptors (Lipinski definition) is 5. The number of nitrogens with one attached hydrogen (secondary N) is 1. The molecule has 0 aliphatic carbocycles. The molecule has 0 spiro atoms. The lowest BCUT2D eigenvalue weighted by molar-refractivity contribution is 0.720. The SMILES string of the molecule is Cc1cc2c(NC(C)c3nncn3C)ccc(N)c2cn1. The molecule has 0 radical (unpaired) electrons. The van der Waals surface area contributed by atoms with E-state index in [-0.39, 0.29) is 6.04 Å². The fourth-order valence-corrected chi connectivity index (χ4v) is 2.47. The molecule has 0 bridgehead atoms. The van der Waals surface area contributed by atoms with E-state index in [9.17, 15) is 0 Å². The maximum atomic E-state index is 6.03. The summed E-state index contributed by atoms with van der Waals surface area (Å²) >= 11 is 0. The second-order valence-electron chi connectivity index (χ2n) is 5.24. The molecule has 3 N–H and O–H groups in total. The topological polar surface area (TPSA) is 81.7 Å². The molecule has 108 valence electrons. The Hall–Kier alpha value is -2.63. The van der Waals surface area contributed by atoms with Crippen molar-refractivity contribution < 1.29 is 0 Å². The molecule has 0 aliphatic rings. The van der Waals surface area contributed by atoms with Gasteiger partial charge in [0.1, 0.15) is 6.33 Å². The number of nitrogens with zero attached hydrogens (tertiary/aromatic N) is 4. The van der Waals surface area contributed by atoms with Gasteiger partial charge in [-0.25, -0.2) is 0 Å². The average molecular weight is 282 g/mol. The molecule has 3 rings (SSSR count). The largest absolute Gasteiger partial charge is 0.398 e. The highest BCUT2D eigenvalue weighted by Crippen LogP contribution is 2.30. The van der Waals surface area contributed by atoms with Gasteiger partial charge in [-0.05, 0) is 32.0 Å². The first-order valence-corrected chi connectivity index (χ1v) is 6.81. The molecule has 21 heavy (non-hydrogen) atoms. The number of pyridine rings is 1. The number of anilines is 2. The van der Waals surface area contributed by atoms with Crippen molar-refractivity contribution in [3.63, 3.8) is 0 Å². The summed E-state index contributed by atoms with van der Waals surface area (Å²) in [7, 11) is 1.93. The van der Waals surface area contributed by atoms with Crippen LogP contribution >= 0.6 is 0 Å². The van der Waals surface area contributed by atoms with Crippen molar-refractivity contribution in [1.82, 2.24) is 19.7 Å². The van der Waals surface area contributed by atoms with Crippen molar-refractivity contribution in [2.45, 2.75) is 19.9 Å². The highest BCUT2D eigenvalue weighted by molar-refractivity contribution is 6.00. The third-order valence-corrected chi connectivity index (χ3v) is 3.58. The smallest absolute Gasteiger partial charge is 0.154 e. The van der Waals surface area contributed by atoms with Gasteiger partial charge in [0.2, 0.25) is 0 Å². The van der Waals surface area contributed by atoms with E-state index in [1.165, 1.54) is 0 Å². The van der Waals surface area contributed by atoms with Crippen molar-refractivity contribution in [2.75, 3.05) is 11.1 Å². The van der Waals surface area contributed by atoms with Crippen molar-refractivity contribution in [2.24, 2.45) is 7.05 Å². The summed E-state index contributed by atoms with van der Waals surface area (Å²) in [6.07, 6.45) is 3.51. The molecule has 2 heterocycles. The fraction of sp³-hybridized carbons (Fsp3) is 0.267. The standard InChI is InChI=1S/C15H18N6/c1-9-6-11-12(7-17-9)13(16)4-5-14(11)19-10(2)15-20-18-8-21(15)3/h4-8,10,19H,16H2,1-3H3. The van der Waals surface area contributed by atoms with Gasteiger partial charge in [-0.2, -0.15) is 0 Å². The maximum absolute atomic E-state index is 6.03. The van der Waals surface area contributed by atoms with E-state index in [1.54, 1.807) is 6.33 Å². The first-order chi connectivity index (χ1) is 10.1. The lowest BCUT2D eigenvalue weighted by atomic mass is 10.1. The second-order valence-corrected chi connectivity index (χ2v) is 5.24. The molecule has 0 saturated heterocycles. The number of aromatic nitrogens is 4. The predicted molar refractivity (Wildman–Crippen MR) is 83.9 cm³/mol. The van der Waals surface area contributed by atoms with Gasteiger partial charge in [-0.15, -0.1) is 10.2 Å². The zero-order chi connectivity index (χ0) is 15.0. The molecule has 6 nitrogen and oxygen atoms in total. The van der Waals surface area contributed by atoms with Gasteiger partial charge >= 0.3 is 0 Å². The Labute approximate surface area is 123 Å². The van der Waals surface area contributed by atoms with Crippen LogP contribution in [0.5, 0.6) is 0 Å². The highest BCUT2D eigenvalue weighted by atomic mass is 15.3. The predicted octanol–water partition coefficient (Wildman–Crippen LogP) is 2.43. The lowest BCUT2D eigenvalue weighted by Crippen LogP contribution is -2.12. The summed E-state index contributed by atoms with van der Waals surface area (Å²) in [5, 5.41) is 13.6. The van der Waals surface area contributed by atoms with Gasteiger partial charge in [-0.1, -0.05) is 0 Å². The van der Waals surface area contributed by atoms with Gasteiger partial charge < -0.3 is 15.6 Å². The zero-order valence-electron chi connectivity index (χ0n) is 12.3. The molecule has 1 atom stereocenters. The van der Waals surface area contributed by atoms with Crippen LogP contribution in [0.4, 0.5) is 11.4 Å². The first-order valence-electron chi connectivity index (χ1n) is 6.81. The monoisotopic (exact) mass is 282 g/mol. The van der Waals surface area contributed by atoms with Crippen molar-refractivity contribution in [3.05, 3.63) is 42.2 Å². The maximum Gasteiger partial charge on any atom is 0.154 e. The van der Waals surface area contributed by atoms with E-state index in [2.05, 4.69) is 27.4 Å². The van der Waals surface area contributed by atoms with Crippen molar-refractivity contribution in [1.29, 1.82) is 0 Å². The average Bonchev–Trinajstić information content (AvgIpc) is 2.88. The van der Waals surface area contributed by atoms with Crippen LogP contribution in [0.2, 0.25) is 0 Å². The van der Waals surface area contributed by atoms with Crippen LogP contribution in [0.15, 0.2) is 30.7 Å². The summed E-state index contributed by atoms with van der Waals surface area (Å²) in [5.41, 5.74) is 8.74. The summed E-state index contributed by atoms with van der Waals surface area (Å²) in [6.45, 7) is 4.03. The summed E-state index contributed by atoms with van der Waals surface area (Å²) in [5.74, 6) is 0.880. The second kappa shape index (κ2) is 5.05. The number of nitrogens with two attached hydrogens (primary N) is 1. The Kier molecular flexibility index (Phi) is 3.21. The van der Waals surface area contributed by atoms with Crippen LogP contribution in [0, 0.1) is 6.92 Å². The van der Waals surface area contributed by atoms with E-state index < -0.39 is 0 Å². The number of benzene rings is 1. The molecule has 0 aliphatic heterocycles. The molecule has 1 aromatic carbocycles. The minimum Gasteiger partial charge on any atom is -0.398 e. The molecule has 0 amide bonds. The molecular weight excluding hydrogens is 264 g/mol. The minimum absolute atomic E-state index is 0.0396. The zero-order valence-corrected chi connectivity index (χ0v) is 12.3. The quantitative estimate of drug-likeness (QED) is 0.721. The van der Waals surface area contributed by atoms with Crippen LogP contribution < -0.4 is 11.1 Å². The molecule has 2 aromatic heterocycles. The molecule has 3 aromatic rings. The Balaban J connectivity index is 2.03. The number of nitrogen functional groups attached to an aromatic ring is 1. The molecule has 0 fully saturated rings. The molecular formula is C15H18N6. The summed E-state index contributed by atoms with van der Waals surface area (Å²) in [4.78, 5) is 4.32. The van der Waals surface area contributed by atoms with Crippen molar-refractivity contribution in [3.8, 4) is 0 Å². The molecule has 0 saturated carbocycles. The third kappa shape index (κ3) is 2.40. The van der Waals surface area contributed by atoms with E-state index >= 15 is 0 Å². The van der Waals surface area contributed by atoms with E-state index in [4.69, 9.17) is 5.73 Å². The Morgan fingerprint density at radius 2 is 2.10 bits per heavy atom. The van der Waals surface area contributed by atoms with E-state index in [1.807, 2.05) is 42.9 Å². The van der Waals surface area contributed by atoms with Gasteiger partial charge in [-0.3, -0.25) is 4.98 Å². The number of rotatable bonds is 3. The van der Waals surface area contributed by atoms with E-state index in [0.29, 0.717) is 0 Å². The van der Waals surface area contributed by atoms with Crippen LogP contribution in [0.1, 0.15) is 24.5 Å². The summed E-state index contributed by atoms with van der Waals surface area (Å²) in [6, 6.07) is 5.96. The van der Waals surface area contributed by atoms with Gasteiger partial charge in [0, 0.05) is 41.1 Å². The molecule has 6 heteroatoms. The van der Waals surface area contributed by atoms with Gasteiger partial charge in [0.15, 0.2) is 5.82 Å². The number of hydrogen-bond donors (Lipinski definition) is 2. The Bertz CT molecular complexity index is 792. The van der Waals surface area contributed by atoms with E-state index in [0.717, 1.165) is 33.7 Å². The minimum atomic E-state index is 0.0396.